The second-order valence-electron chi connectivity index (χ2n) is 7.54. The van der Waals surface area contributed by atoms with Gasteiger partial charge in [-0.25, -0.2) is 9.97 Å². The van der Waals surface area contributed by atoms with Crippen LogP contribution in [0.1, 0.15) is 42.9 Å². The smallest absolute Gasteiger partial charge is 0.129 e. The van der Waals surface area contributed by atoms with Crippen LogP contribution in [0.5, 0.6) is 0 Å². The van der Waals surface area contributed by atoms with E-state index < -0.39 is 0 Å². The van der Waals surface area contributed by atoms with E-state index in [1.807, 2.05) is 12.1 Å². The standard InChI is InChI=1S/C20H26ClN5/c21-18-4-2-1-3-14(18)12-26-7-5-17(6-8-26)25-20-11-19(23-13-24-20)15-9-16(22)10-15/h1-4,11,13,15-17H,5-10,12,22H2,(H,23,24,25). The Morgan fingerprint density at radius 3 is 2.65 bits per heavy atom. The Morgan fingerprint density at radius 2 is 1.92 bits per heavy atom. The van der Waals surface area contributed by atoms with E-state index in [1.54, 1.807) is 6.33 Å². The highest BCUT2D eigenvalue weighted by Gasteiger charge is 2.29. The minimum atomic E-state index is 0.341. The van der Waals surface area contributed by atoms with E-state index in [0.717, 1.165) is 61.9 Å². The summed E-state index contributed by atoms with van der Waals surface area (Å²) in [6.07, 6.45) is 5.97. The maximum Gasteiger partial charge on any atom is 0.129 e. The average Bonchev–Trinajstić information content (AvgIpc) is 2.63. The fraction of sp³-hybridized carbons (Fsp3) is 0.500. The van der Waals surface area contributed by atoms with Crippen molar-refractivity contribution in [1.29, 1.82) is 0 Å². The number of hydrogen-bond acceptors (Lipinski definition) is 5. The quantitative estimate of drug-likeness (QED) is 0.843. The van der Waals surface area contributed by atoms with Crippen LogP contribution in [0.25, 0.3) is 0 Å². The Morgan fingerprint density at radius 1 is 1.15 bits per heavy atom. The van der Waals surface area contributed by atoms with Crippen molar-refractivity contribution in [2.24, 2.45) is 5.73 Å². The van der Waals surface area contributed by atoms with Crippen LogP contribution in [0, 0.1) is 0 Å². The lowest BCUT2D eigenvalue weighted by Crippen LogP contribution is -2.39. The highest BCUT2D eigenvalue weighted by atomic mass is 35.5. The molecular formula is C20H26ClN5. The lowest BCUT2D eigenvalue weighted by Gasteiger charge is -2.33. The molecule has 2 heterocycles. The highest BCUT2D eigenvalue weighted by molar-refractivity contribution is 6.31. The molecule has 26 heavy (non-hydrogen) atoms. The molecule has 0 radical (unpaired) electrons. The minimum Gasteiger partial charge on any atom is -0.367 e. The second-order valence-corrected chi connectivity index (χ2v) is 7.95. The first kappa shape index (κ1) is 17.7. The van der Waals surface area contributed by atoms with Gasteiger partial charge in [-0.3, -0.25) is 4.90 Å². The number of rotatable bonds is 5. The minimum absolute atomic E-state index is 0.341. The number of nitrogens with two attached hydrogens (primary N) is 1. The molecule has 0 spiro atoms. The van der Waals surface area contributed by atoms with Crippen molar-refractivity contribution >= 4 is 17.4 Å². The fourth-order valence-electron chi connectivity index (χ4n) is 3.89. The molecule has 6 heteroatoms. The zero-order valence-corrected chi connectivity index (χ0v) is 15.7. The van der Waals surface area contributed by atoms with Gasteiger partial charge in [0.15, 0.2) is 0 Å². The third-order valence-corrected chi connectivity index (χ3v) is 5.94. The van der Waals surface area contributed by atoms with Gasteiger partial charge in [-0.2, -0.15) is 0 Å². The summed E-state index contributed by atoms with van der Waals surface area (Å²) < 4.78 is 0. The summed E-state index contributed by atoms with van der Waals surface area (Å²) >= 11 is 6.28. The average molecular weight is 372 g/mol. The molecule has 0 amide bonds. The Bertz CT molecular complexity index is 738. The van der Waals surface area contributed by atoms with E-state index in [2.05, 4.69) is 38.4 Å². The van der Waals surface area contributed by atoms with Gasteiger partial charge < -0.3 is 11.1 Å². The van der Waals surface area contributed by atoms with Crippen LogP contribution in [0.3, 0.4) is 0 Å². The monoisotopic (exact) mass is 371 g/mol. The van der Waals surface area contributed by atoms with E-state index >= 15 is 0 Å². The largest absolute Gasteiger partial charge is 0.367 e. The van der Waals surface area contributed by atoms with Gasteiger partial charge in [0, 0.05) is 54.4 Å². The first-order valence-electron chi connectivity index (χ1n) is 9.47. The summed E-state index contributed by atoms with van der Waals surface area (Å²) in [5.41, 5.74) is 8.23. The number of hydrogen-bond donors (Lipinski definition) is 2. The molecule has 1 saturated carbocycles. The van der Waals surface area contributed by atoms with Gasteiger partial charge in [0.2, 0.25) is 0 Å². The van der Waals surface area contributed by atoms with Crippen LogP contribution in [-0.4, -0.2) is 40.0 Å². The zero-order chi connectivity index (χ0) is 17.9. The van der Waals surface area contributed by atoms with E-state index in [9.17, 15) is 0 Å². The molecule has 1 aromatic carbocycles. The van der Waals surface area contributed by atoms with Crippen LogP contribution in [0.15, 0.2) is 36.7 Å². The molecular weight excluding hydrogens is 346 g/mol. The molecule has 0 unspecified atom stereocenters. The number of piperidine rings is 1. The molecule has 1 aliphatic heterocycles. The summed E-state index contributed by atoms with van der Waals surface area (Å²) in [4.78, 5) is 11.3. The predicted molar refractivity (Wildman–Crippen MR) is 105 cm³/mol. The molecule has 1 aliphatic carbocycles. The van der Waals surface area contributed by atoms with Gasteiger partial charge in [0.05, 0.1) is 0 Å². The molecule has 0 atom stereocenters. The molecule has 138 valence electrons. The Kier molecular flexibility index (Phi) is 5.38. The van der Waals surface area contributed by atoms with E-state index in [-0.39, 0.29) is 0 Å². The Hall–Kier alpha value is -1.69. The summed E-state index contributed by atoms with van der Waals surface area (Å²) in [6, 6.07) is 11.0. The number of nitrogens with zero attached hydrogens (tertiary/aromatic N) is 3. The third-order valence-electron chi connectivity index (χ3n) is 5.57. The lowest BCUT2D eigenvalue weighted by atomic mass is 9.78. The predicted octanol–water partition coefficient (Wildman–Crippen LogP) is 3.41. The summed E-state index contributed by atoms with van der Waals surface area (Å²) in [7, 11) is 0. The SMILES string of the molecule is NC1CC(c2cc(NC3CCN(Cc4ccccc4Cl)CC3)ncn2)C1. The van der Waals surface area contributed by atoms with Crippen molar-refractivity contribution in [2.45, 2.75) is 50.2 Å². The van der Waals surface area contributed by atoms with Gasteiger partial charge in [0.1, 0.15) is 12.1 Å². The number of halogens is 1. The van der Waals surface area contributed by atoms with E-state index in [0.29, 0.717) is 18.0 Å². The van der Waals surface area contributed by atoms with Gasteiger partial charge in [-0.1, -0.05) is 29.8 Å². The Balaban J connectivity index is 1.29. The van der Waals surface area contributed by atoms with Crippen LogP contribution in [0.2, 0.25) is 5.02 Å². The second kappa shape index (κ2) is 7.91. The van der Waals surface area contributed by atoms with Crippen molar-refractivity contribution in [3.63, 3.8) is 0 Å². The summed E-state index contributed by atoms with van der Waals surface area (Å²) in [5.74, 6) is 1.45. The maximum absolute atomic E-state index is 6.28. The van der Waals surface area contributed by atoms with Crippen molar-refractivity contribution in [2.75, 3.05) is 18.4 Å². The summed E-state index contributed by atoms with van der Waals surface area (Å²) in [6.45, 7) is 3.06. The van der Waals surface area contributed by atoms with E-state index in [4.69, 9.17) is 17.3 Å². The molecule has 4 rings (SSSR count). The summed E-state index contributed by atoms with van der Waals surface area (Å²) in [5, 5.41) is 4.45. The van der Waals surface area contributed by atoms with Gasteiger partial charge in [-0.15, -0.1) is 0 Å². The molecule has 5 nitrogen and oxygen atoms in total. The maximum atomic E-state index is 6.28. The van der Waals surface area contributed by atoms with Crippen molar-refractivity contribution in [3.05, 3.63) is 52.9 Å². The topological polar surface area (TPSA) is 67.1 Å². The van der Waals surface area contributed by atoms with Gasteiger partial charge in [-0.05, 0) is 37.3 Å². The third kappa shape index (κ3) is 4.17. The van der Waals surface area contributed by atoms with E-state index in [1.165, 1.54) is 5.56 Å². The van der Waals surface area contributed by atoms with Crippen molar-refractivity contribution < 1.29 is 0 Å². The molecule has 2 aromatic rings. The Labute approximate surface area is 160 Å². The van der Waals surface area contributed by atoms with Crippen LogP contribution in [0.4, 0.5) is 5.82 Å². The first-order valence-corrected chi connectivity index (χ1v) is 9.85. The van der Waals surface area contributed by atoms with Gasteiger partial charge in [0.25, 0.3) is 0 Å². The molecule has 2 fully saturated rings. The van der Waals surface area contributed by atoms with Crippen molar-refractivity contribution in [3.8, 4) is 0 Å². The van der Waals surface area contributed by atoms with Crippen LogP contribution < -0.4 is 11.1 Å². The lowest BCUT2D eigenvalue weighted by molar-refractivity contribution is 0.211. The number of nitrogens with one attached hydrogen (secondary N) is 1. The molecule has 0 bridgehead atoms. The zero-order valence-electron chi connectivity index (χ0n) is 14.9. The highest BCUT2D eigenvalue weighted by Crippen LogP contribution is 2.35. The number of aromatic nitrogens is 2. The fourth-order valence-corrected chi connectivity index (χ4v) is 4.09. The number of anilines is 1. The molecule has 2 aliphatic rings. The van der Waals surface area contributed by atoms with Crippen LogP contribution >= 0.6 is 11.6 Å². The number of likely N-dealkylation sites (tertiary alicyclic amines) is 1. The molecule has 3 N–H and O–H groups in total. The first-order chi connectivity index (χ1) is 12.7. The van der Waals surface area contributed by atoms with Gasteiger partial charge >= 0.3 is 0 Å². The normalized spacial score (nSPS) is 24.2. The molecule has 1 aromatic heterocycles. The number of benzene rings is 1. The van der Waals surface area contributed by atoms with Crippen molar-refractivity contribution in [1.82, 2.24) is 14.9 Å². The van der Waals surface area contributed by atoms with Crippen LogP contribution in [-0.2, 0) is 6.54 Å². The molecule has 1 saturated heterocycles.